The number of likely N-dealkylation sites (N-methyl/N-ethyl adjacent to an activating group) is 1. The molecule has 0 amide bonds. The predicted molar refractivity (Wildman–Crippen MR) is 153 cm³/mol. The predicted octanol–water partition coefficient (Wildman–Crippen LogP) is 5.57. The van der Waals surface area contributed by atoms with Crippen LogP contribution >= 0.6 is 0 Å². The Morgan fingerprint density at radius 2 is 1.87 bits per heavy atom. The lowest BCUT2D eigenvalue weighted by atomic mass is 9.92. The summed E-state index contributed by atoms with van der Waals surface area (Å²) in [6, 6.07) is -0.120. The van der Waals surface area contributed by atoms with Gasteiger partial charge in [-0.3, -0.25) is 9.59 Å². The summed E-state index contributed by atoms with van der Waals surface area (Å²) < 4.78 is 18.1. The van der Waals surface area contributed by atoms with Crippen LogP contribution in [-0.2, 0) is 23.8 Å². The van der Waals surface area contributed by atoms with Crippen molar-refractivity contribution in [2.45, 2.75) is 104 Å². The summed E-state index contributed by atoms with van der Waals surface area (Å²) in [6.07, 6.45) is 14.7. The van der Waals surface area contributed by atoms with Crippen LogP contribution in [0.15, 0.2) is 47.6 Å². The van der Waals surface area contributed by atoms with Gasteiger partial charge in [-0.05, 0) is 82.0 Å². The molecule has 0 aromatic heterocycles. The third-order valence-corrected chi connectivity index (χ3v) is 8.50. The molecule has 1 saturated carbocycles. The molecule has 7 heteroatoms. The van der Waals surface area contributed by atoms with Crippen molar-refractivity contribution in [3.63, 3.8) is 0 Å². The number of aliphatic carboxylic acids is 1. The maximum atomic E-state index is 11.9. The van der Waals surface area contributed by atoms with Crippen LogP contribution in [0.1, 0.15) is 67.2 Å². The maximum Gasteiger partial charge on any atom is 0.305 e. The molecule has 7 nitrogen and oxygen atoms in total. The number of hydrogen-bond acceptors (Lipinski definition) is 6. The summed E-state index contributed by atoms with van der Waals surface area (Å²) in [5.74, 6) is 0.373. The molecule has 1 aliphatic carbocycles. The van der Waals surface area contributed by atoms with E-state index in [1.165, 1.54) is 18.1 Å². The normalized spacial score (nSPS) is 36.3. The van der Waals surface area contributed by atoms with Crippen LogP contribution in [0.5, 0.6) is 0 Å². The molecule has 3 aliphatic rings. The van der Waals surface area contributed by atoms with Crippen LogP contribution in [0.2, 0.25) is 0 Å². The molecule has 10 atom stereocenters. The monoisotopic (exact) mass is 543 g/mol. The lowest BCUT2D eigenvalue weighted by Crippen LogP contribution is -2.55. The number of hydrogen-bond donors (Lipinski definition) is 1. The number of carboxylic acid groups (broad SMARTS) is 1. The van der Waals surface area contributed by atoms with Gasteiger partial charge in [0.15, 0.2) is 0 Å². The highest BCUT2D eigenvalue weighted by Gasteiger charge is 2.45. The third kappa shape index (κ3) is 8.63. The van der Waals surface area contributed by atoms with Gasteiger partial charge in [-0.15, -0.1) is 0 Å². The largest absolute Gasteiger partial charge is 0.481 e. The first-order chi connectivity index (χ1) is 18.4. The second-order valence-electron chi connectivity index (χ2n) is 11.9. The fraction of sp³-hybridized carbons (Fsp3) is 0.688. The Morgan fingerprint density at radius 3 is 2.49 bits per heavy atom. The minimum Gasteiger partial charge on any atom is -0.481 e. The van der Waals surface area contributed by atoms with Crippen molar-refractivity contribution in [3.05, 3.63) is 47.6 Å². The zero-order chi connectivity index (χ0) is 28.9. The minimum absolute atomic E-state index is 0.0711. The SMILES string of the molecule is CC[C@H]1O[C@@H](/C(C)=C/[C@H](C)/C=C/[C@H]2[C@@H](C)[C@@H]2/C=C/[C@@H]2O[C@H](CC(=O)O)C[C@H](N(C)C)[C@H]2OC(C)=O)CC=C1C. The highest BCUT2D eigenvalue weighted by Crippen LogP contribution is 2.48. The summed E-state index contributed by atoms with van der Waals surface area (Å²) in [4.78, 5) is 25.2. The molecule has 2 fully saturated rings. The van der Waals surface area contributed by atoms with Crippen LogP contribution in [0.3, 0.4) is 0 Å². The number of rotatable bonds is 11. The molecule has 0 spiro atoms. The number of carboxylic acids is 1. The van der Waals surface area contributed by atoms with Crippen LogP contribution in [0, 0.1) is 23.7 Å². The molecular formula is C32H49NO6. The zero-order valence-corrected chi connectivity index (χ0v) is 25.0. The molecule has 39 heavy (non-hydrogen) atoms. The third-order valence-electron chi connectivity index (χ3n) is 8.50. The van der Waals surface area contributed by atoms with Crippen LogP contribution in [-0.4, -0.2) is 72.6 Å². The van der Waals surface area contributed by atoms with Crippen molar-refractivity contribution in [1.29, 1.82) is 0 Å². The highest BCUT2D eigenvalue weighted by atomic mass is 16.6. The number of carbonyl (C=O) groups is 2. The molecule has 0 aromatic carbocycles. The lowest BCUT2D eigenvalue weighted by Gasteiger charge is -2.42. The second-order valence-corrected chi connectivity index (χ2v) is 11.9. The van der Waals surface area contributed by atoms with E-state index in [-0.39, 0.29) is 30.6 Å². The van der Waals surface area contributed by atoms with Crippen LogP contribution in [0.4, 0.5) is 0 Å². The van der Waals surface area contributed by atoms with Crippen molar-refractivity contribution in [2.24, 2.45) is 23.7 Å². The Morgan fingerprint density at radius 1 is 1.18 bits per heavy atom. The van der Waals surface area contributed by atoms with Crippen LogP contribution < -0.4 is 0 Å². The fourth-order valence-electron chi connectivity index (χ4n) is 6.05. The molecule has 0 unspecified atom stereocenters. The minimum atomic E-state index is -0.891. The highest BCUT2D eigenvalue weighted by molar-refractivity contribution is 5.67. The van der Waals surface area contributed by atoms with Gasteiger partial charge >= 0.3 is 11.9 Å². The quantitative estimate of drug-likeness (QED) is 0.269. The number of ether oxygens (including phenoxy) is 3. The van der Waals surface area contributed by atoms with Crippen molar-refractivity contribution < 1.29 is 28.9 Å². The van der Waals surface area contributed by atoms with Gasteiger partial charge in [-0.2, -0.15) is 0 Å². The average molecular weight is 544 g/mol. The van der Waals surface area contributed by atoms with Crippen molar-refractivity contribution in [3.8, 4) is 0 Å². The molecule has 2 aliphatic heterocycles. The topological polar surface area (TPSA) is 85.3 Å². The van der Waals surface area contributed by atoms with Gasteiger partial charge in [0, 0.05) is 6.92 Å². The molecule has 0 radical (unpaired) electrons. The van der Waals surface area contributed by atoms with E-state index in [4.69, 9.17) is 14.2 Å². The molecular weight excluding hydrogens is 494 g/mol. The number of esters is 1. The van der Waals surface area contributed by atoms with Gasteiger partial charge < -0.3 is 24.2 Å². The summed E-state index contributed by atoms with van der Waals surface area (Å²) in [7, 11) is 3.85. The Kier molecular flexibility index (Phi) is 11.2. The van der Waals surface area contributed by atoms with Crippen molar-refractivity contribution in [2.75, 3.05) is 14.1 Å². The Bertz CT molecular complexity index is 981. The van der Waals surface area contributed by atoms with Crippen molar-refractivity contribution >= 4 is 11.9 Å². The van der Waals surface area contributed by atoms with E-state index >= 15 is 0 Å². The molecule has 1 saturated heterocycles. The fourth-order valence-corrected chi connectivity index (χ4v) is 6.05. The van der Waals surface area contributed by atoms with Gasteiger partial charge in [0.25, 0.3) is 0 Å². The molecule has 1 N–H and O–H groups in total. The number of carbonyl (C=O) groups excluding carboxylic acids is 1. The molecule has 0 bridgehead atoms. The van der Waals surface area contributed by atoms with E-state index in [1.54, 1.807) is 0 Å². The summed E-state index contributed by atoms with van der Waals surface area (Å²) in [6.45, 7) is 12.3. The second kappa shape index (κ2) is 13.9. The molecule has 0 aromatic rings. The van der Waals surface area contributed by atoms with Gasteiger partial charge in [0.1, 0.15) is 12.2 Å². The van der Waals surface area contributed by atoms with E-state index in [0.29, 0.717) is 30.1 Å². The lowest BCUT2D eigenvalue weighted by molar-refractivity contribution is -0.178. The van der Waals surface area contributed by atoms with E-state index in [2.05, 4.69) is 65.0 Å². The van der Waals surface area contributed by atoms with Gasteiger partial charge in [-0.1, -0.05) is 57.2 Å². The number of allylic oxidation sites excluding steroid dienone is 4. The summed E-state index contributed by atoms with van der Waals surface area (Å²) in [5, 5.41) is 9.33. The molecule has 2 heterocycles. The van der Waals surface area contributed by atoms with E-state index in [0.717, 1.165) is 12.8 Å². The van der Waals surface area contributed by atoms with Gasteiger partial charge in [0.2, 0.25) is 0 Å². The Hall–Kier alpha value is -2.22. The first-order valence-electron chi connectivity index (χ1n) is 14.5. The standard InChI is InChI=1S/C32H49NO6/c1-9-28-20(3)11-14-29(39-28)21(4)16-19(2)10-12-25-22(5)26(25)13-15-30-32(37-23(6)34)27(33(7)8)17-24(38-30)18-31(35)36/h10-13,15-16,19,22,24-30,32H,9,14,17-18H2,1-8H3,(H,35,36)/b12-10+,15-13+,21-16+/t19-,22-,24+,25+,26+,27+,28-,29-,30+,32-/m1/s1. The van der Waals surface area contributed by atoms with Crippen molar-refractivity contribution in [1.82, 2.24) is 4.90 Å². The van der Waals surface area contributed by atoms with Gasteiger partial charge in [-0.25, -0.2) is 0 Å². The summed E-state index contributed by atoms with van der Waals surface area (Å²) >= 11 is 0. The Balaban J connectivity index is 1.64. The first kappa shape index (κ1) is 31.3. The average Bonchev–Trinajstić information content (AvgIpc) is 3.49. The smallest absolute Gasteiger partial charge is 0.305 e. The maximum absolute atomic E-state index is 11.9. The zero-order valence-electron chi connectivity index (χ0n) is 25.0. The summed E-state index contributed by atoms with van der Waals surface area (Å²) in [5.41, 5.74) is 2.62. The van der Waals surface area contributed by atoms with Crippen LogP contribution in [0.25, 0.3) is 0 Å². The van der Waals surface area contributed by atoms with E-state index in [9.17, 15) is 14.7 Å². The first-order valence-corrected chi connectivity index (χ1v) is 14.5. The van der Waals surface area contributed by atoms with E-state index < -0.39 is 24.3 Å². The molecule has 218 valence electrons. The number of nitrogens with zero attached hydrogens (tertiary/aromatic N) is 1. The van der Waals surface area contributed by atoms with Gasteiger partial charge in [0.05, 0.1) is 30.8 Å². The molecule has 3 rings (SSSR count). The Labute approximate surface area is 234 Å². The van der Waals surface area contributed by atoms with E-state index in [1.807, 2.05) is 25.1 Å².